The number of anilines is 1. The van der Waals surface area contributed by atoms with Gasteiger partial charge in [0, 0.05) is 19.3 Å². The number of hydrogen-bond donors (Lipinski definition) is 2. The average molecular weight is 472 g/mol. The number of amides is 1. The van der Waals surface area contributed by atoms with Crippen LogP contribution in [-0.2, 0) is 22.3 Å². The van der Waals surface area contributed by atoms with Crippen molar-refractivity contribution in [3.63, 3.8) is 0 Å². The van der Waals surface area contributed by atoms with Crippen LogP contribution in [0.4, 0.5) is 10.6 Å². The lowest BCUT2D eigenvalue weighted by Crippen LogP contribution is -2.33. The highest BCUT2D eigenvalue weighted by molar-refractivity contribution is 5.92. The molecule has 0 bridgehead atoms. The first-order valence-electron chi connectivity index (χ1n) is 11.7. The quantitative estimate of drug-likeness (QED) is 0.340. The third-order valence-electron chi connectivity index (χ3n) is 4.93. The highest BCUT2D eigenvalue weighted by atomic mass is 16.6. The number of pyridine rings is 1. The number of aryl methyl sites for hydroxylation is 2. The molecule has 0 saturated heterocycles. The molecule has 0 aliphatic rings. The Hall–Kier alpha value is -3.29. The molecule has 2 N–H and O–H groups in total. The average Bonchev–Trinajstić information content (AvgIpc) is 2.80. The summed E-state index contributed by atoms with van der Waals surface area (Å²) in [5, 5.41) is 5.80. The van der Waals surface area contributed by atoms with Crippen LogP contribution in [0, 0.1) is 0 Å². The first-order valence-corrected chi connectivity index (χ1v) is 11.7. The third-order valence-corrected chi connectivity index (χ3v) is 4.93. The number of aromatic nitrogens is 1. The topological polar surface area (TPSA) is 98.8 Å². The van der Waals surface area contributed by atoms with Crippen LogP contribution in [0.15, 0.2) is 36.4 Å². The molecule has 2 aromatic rings. The normalized spacial score (nSPS) is 11.0. The molecule has 0 saturated carbocycles. The van der Waals surface area contributed by atoms with Crippen LogP contribution in [0.2, 0.25) is 0 Å². The fraction of sp³-hybridized carbons (Fsp3) is 0.500. The number of rotatable bonds is 12. The van der Waals surface area contributed by atoms with E-state index in [-0.39, 0.29) is 0 Å². The summed E-state index contributed by atoms with van der Waals surface area (Å²) in [6.45, 7) is 6.51. The maximum atomic E-state index is 12.2. The fourth-order valence-electron chi connectivity index (χ4n) is 3.24. The Morgan fingerprint density at radius 3 is 2.53 bits per heavy atom. The van der Waals surface area contributed by atoms with Gasteiger partial charge in [0.2, 0.25) is 0 Å². The Kier molecular flexibility index (Phi) is 10.6. The van der Waals surface area contributed by atoms with Crippen molar-refractivity contribution in [3.8, 4) is 5.75 Å². The number of esters is 1. The highest BCUT2D eigenvalue weighted by Crippen LogP contribution is 2.23. The van der Waals surface area contributed by atoms with Crippen molar-refractivity contribution < 1.29 is 23.8 Å². The van der Waals surface area contributed by atoms with E-state index in [0.29, 0.717) is 24.5 Å². The Labute approximate surface area is 202 Å². The van der Waals surface area contributed by atoms with Crippen molar-refractivity contribution in [3.05, 3.63) is 53.2 Å². The number of benzene rings is 1. The number of nitrogens with zero attached hydrogens (tertiary/aromatic N) is 1. The molecule has 0 radical (unpaired) electrons. The zero-order valence-corrected chi connectivity index (χ0v) is 20.9. The van der Waals surface area contributed by atoms with Gasteiger partial charge in [-0.2, -0.15) is 0 Å². The van der Waals surface area contributed by atoms with Crippen molar-refractivity contribution >= 4 is 17.9 Å². The Balaban J connectivity index is 1.84. The monoisotopic (exact) mass is 471 g/mol. The third kappa shape index (κ3) is 9.68. The van der Waals surface area contributed by atoms with E-state index in [2.05, 4.69) is 15.6 Å². The molecule has 0 aliphatic heterocycles. The molecule has 0 spiro atoms. The van der Waals surface area contributed by atoms with E-state index >= 15 is 0 Å². The van der Waals surface area contributed by atoms with Gasteiger partial charge in [-0.1, -0.05) is 12.1 Å². The number of carbonyl (C=O) groups is 2. The molecule has 1 amide bonds. The molecule has 8 nitrogen and oxygen atoms in total. The second-order valence-electron chi connectivity index (χ2n) is 8.92. The molecular weight excluding hydrogens is 434 g/mol. The predicted molar refractivity (Wildman–Crippen MR) is 133 cm³/mol. The zero-order valence-electron chi connectivity index (χ0n) is 20.9. The summed E-state index contributed by atoms with van der Waals surface area (Å²) < 4.78 is 16.1. The molecule has 34 heavy (non-hydrogen) atoms. The molecule has 2 rings (SSSR count). The van der Waals surface area contributed by atoms with E-state index in [1.165, 1.54) is 7.11 Å². The second-order valence-corrected chi connectivity index (χ2v) is 8.92. The standard InChI is InChI=1S/C26H37N3O5/c1-26(2,3)34-25(31)28-16-7-6-8-17-33-22-18-19(13-15-21(22)24(30)32-5)12-14-20-10-9-11-23(27-4)29-20/h9-11,13,15,18H,6-8,12,14,16-17H2,1-5H3,(H,27,29)(H,28,31). The van der Waals surface area contributed by atoms with Crippen LogP contribution < -0.4 is 15.4 Å². The molecule has 0 atom stereocenters. The van der Waals surface area contributed by atoms with E-state index in [4.69, 9.17) is 14.2 Å². The van der Waals surface area contributed by atoms with E-state index in [1.807, 2.05) is 58.2 Å². The largest absolute Gasteiger partial charge is 0.493 e. The molecule has 1 heterocycles. The molecule has 186 valence electrons. The van der Waals surface area contributed by atoms with Gasteiger partial charge in [-0.15, -0.1) is 0 Å². The first-order chi connectivity index (χ1) is 16.2. The van der Waals surface area contributed by atoms with E-state index < -0.39 is 17.7 Å². The van der Waals surface area contributed by atoms with Gasteiger partial charge in [0.1, 0.15) is 22.7 Å². The van der Waals surface area contributed by atoms with Crippen molar-refractivity contribution in [2.75, 3.05) is 32.6 Å². The van der Waals surface area contributed by atoms with Gasteiger partial charge in [-0.25, -0.2) is 14.6 Å². The lowest BCUT2D eigenvalue weighted by molar-refractivity contribution is 0.0525. The van der Waals surface area contributed by atoms with Crippen LogP contribution in [-0.4, -0.2) is 50.0 Å². The van der Waals surface area contributed by atoms with Gasteiger partial charge in [0.25, 0.3) is 0 Å². The minimum Gasteiger partial charge on any atom is -0.493 e. The first kappa shape index (κ1) is 27.0. The second kappa shape index (κ2) is 13.4. The Morgan fingerprint density at radius 1 is 1.03 bits per heavy atom. The smallest absolute Gasteiger partial charge is 0.407 e. The lowest BCUT2D eigenvalue weighted by atomic mass is 10.0. The zero-order chi connectivity index (χ0) is 25.0. The van der Waals surface area contributed by atoms with Gasteiger partial charge in [0.15, 0.2) is 0 Å². The van der Waals surface area contributed by atoms with Crippen molar-refractivity contribution in [1.82, 2.24) is 10.3 Å². The van der Waals surface area contributed by atoms with Gasteiger partial charge >= 0.3 is 12.1 Å². The SMILES string of the molecule is CNc1cccc(CCc2ccc(C(=O)OC)c(OCCCCCNC(=O)OC(C)(C)C)c2)n1. The number of ether oxygens (including phenoxy) is 3. The van der Waals surface area contributed by atoms with Crippen LogP contribution in [0.5, 0.6) is 5.75 Å². The van der Waals surface area contributed by atoms with Crippen molar-refractivity contribution in [2.24, 2.45) is 0 Å². The summed E-state index contributed by atoms with van der Waals surface area (Å²) in [7, 11) is 3.21. The van der Waals surface area contributed by atoms with E-state index in [9.17, 15) is 9.59 Å². The molecule has 8 heteroatoms. The van der Waals surface area contributed by atoms with Crippen molar-refractivity contribution in [1.29, 1.82) is 0 Å². The summed E-state index contributed by atoms with van der Waals surface area (Å²) in [4.78, 5) is 28.4. The molecular formula is C26H37N3O5. The van der Waals surface area contributed by atoms with Crippen LogP contribution in [0.3, 0.4) is 0 Å². The summed E-state index contributed by atoms with van der Waals surface area (Å²) in [5.74, 6) is 0.934. The molecule has 0 aliphatic carbocycles. The van der Waals surface area contributed by atoms with Crippen LogP contribution in [0.1, 0.15) is 61.6 Å². The summed E-state index contributed by atoms with van der Waals surface area (Å²) in [6.07, 6.45) is 3.62. The number of methoxy groups -OCH3 is 1. The van der Waals surface area contributed by atoms with E-state index in [1.54, 1.807) is 6.07 Å². The van der Waals surface area contributed by atoms with Gasteiger partial charge in [-0.05, 0) is 82.7 Å². The fourth-order valence-corrected chi connectivity index (χ4v) is 3.24. The van der Waals surface area contributed by atoms with Gasteiger partial charge < -0.3 is 24.8 Å². The minimum absolute atomic E-state index is 0.406. The number of nitrogens with one attached hydrogen (secondary N) is 2. The minimum atomic E-state index is -0.503. The summed E-state index contributed by atoms with van der Waals surface area (Å²) in [6, 6.07) is 11.5. The van der Waals surface area contributed by atoms with E-state index in [0.717, 1.165) is 49.2 Å². The van der Waals surface area contributed by atoms with Crippen LogP contribution >= 0.6 is 0 Å². The highest BCUT2D eigenvalue weighted by Gasteiger charge is 2.16. The number of alkyl carbamates (subject to hydrolysis) is 1. The summed E-state index contributed by atoms with van der Waals surface area (Å²) >= 11 is 0. The lowest BCUT2D eigenvalue weighted by Gasteiger charge is -2.19. The number of hydrogen-bond acceptors (Lipinski definition) is 7. The maximum Gasteiger partial charge on any atom is 0.407 e. The predicted octanol–water partition coefficient (Wildman–Crippen LogP) is 4.77. The molecule has 1 aromatic carbocycles. The number of unbranched alkanes of at least 4 members (excludes halogenated alkanes) is 2. The summed E-state index contributed by atoms with van der Waals surface area (Å²) in [5.41, 5.74) is 1.96. The Bertz CT molecular complexity index is 940. The molecule has 0 fully saturated rings. The molecule has 0 unspecified atom stereocenters. The number of carbonyl (C=O) groups excluding carboxylic acids is 2. The van der Waals surface area contributed by atoms with Crippen molar-refractivity contribution in [2.45, 2.75) is 58.5 Å². The van der Waals surface area contributed by atoms with Gasteiger partial charge in [0.05, 0.1) is 13.7 Å². The van der Waals surface area contributed by atoms with Gasteiger partial charge in [-0.3, -0.25) is 0 Å². The maximum absolute atomic E-state index is 12.2. The Morgan fingerprint density at radius 2 is 1.82 bits per heavy atom. The van der Waals surface area contributed by atoms with Crippen LogP contribution in [0.25, 0.3) is 0 Å². The molecule has 1 aromatic heterocycles.